The summed E-state index contributed by atoms with van der Waals surface area (Å²) >= 11 is 1.29. The predicted octanol–water partition coefficient (Wildman–Crippen LogP) is 5.44. The van der Waals surface area contributed by atoms with E-state index in [0.29, 0.717) is 28.4 Å². The van der Waals surface area contributed by atoms with E-state index in [9.17, 15) is 21.6 Å². The highest BCUT2D eigenvalue weighted by atomic mass is 32.2. The summed E-state index contributed by atoms with van der Waals surface area (Å²) in [5.41, 5.74) is 2.27. The summed E-state index contributed by atoms with van der Waals surface area (Å²) in [6.07, 6.45) is -3.46. The van der Waals surface area contributed by atoms with Crippen molar-refractivity contribution in [2.75, 3.05) is 39.5 Å². The lowest BCUT2D eigenvalue weighted by Crippen LogP contribution is -2.44. The van der Waals surface area contributed by atoms with Gasteiger partial charge in [-0.1, -0.05) is 30.3 Å². The summed E-state index contributed by atoms with van der Waals surface area (Å²) in [6.45, 7) is 4.24. The van der Waals surface area contributed by atoms with Crippen LogP contribution in [0.4, 0.5) is 13.2 Å². The first-order valence-corrected chi connectivity index (χ1v) is 14.8. The fourth-order valence-corrected chi connectivity index (χ4v) is 6.09. The average molecular weight is 561 g/mol. The maximum absolute atomic E-state index is 13.8. The summed E-state index contributed by atoms with van der Waals surface area (Å²) in [7, 11) is -1.32. The van der Waals surface area contributed by atoms with Crippen molar-refractivity contribution in [3.63, 3.8) is 0 Å². The average Bonchev–Trinajstić information content (AvgIpc) is 3.53. The Morgan fingerprint density at radius 2 is 1.68 bits per heavy atom. The largest absolute Gasteiger partial charge is 0.435 e. The molecule has 200 valence electrons. The van der Waals surface area contributed by atoms with Gasteiger partial charge in [0.15, 0.2) is 15.5 Å². The minimum Gasteiger partial charge on any atom is -0.304 e. The van der Waals surface area contributed by atoms with Gasteiger partial charge < -0.3 is 4.90 Å². The van der Waals surface area contributed by atoms with E-state index >= 15 is 0 Å². The lowest BCUT2D eigenvalue weighted by molar-refractivity contribution is -0.141. The Hall–Kier alpha value is -2.99. The molecule has 1 fully saturated rings. The Morgan fingerprint density at radius 3 is 2.39 bits per heavy atom. The molecule has 38 heavy (non-hydrogen) atoms. The molecule has 1 aliphatic heterocycles. The normalized spacial score (nSPS) is 15.7. The van der Waals surface area contributed by atoms with Crippen molar-refractivity contribution in [2.45, 2.75) is 17.6 Å². The number of thiophene rings is 1. The number of hydrogen-bond acceptors (Lipinski definition) is 6. The van der Waals surface area contributed by atoms with E-state index in [0.717, 1.165) is 49.6 Å². The zero-order chi connectivity index (χ0) is 27.1. The highest BCUT2D eigenvalue weighted by molar-refractivity contribution is 7.90. The van der Waals surface area contributed by atoms with Gasteiger partial charge in [-0.2, -0.15) is 18.3 Å². The number of alkyl halides is 3. The molecule has 0 spiro atoms. The molecule has 0 atom stereocenters. The number of nitrogens with zero attached hydrogens (tertiary/aromatic N) is 4. The highest BCUT2D eigenvalue weighted by Crippen LogP contribution is 2.38. The number of piperazine rings is 1. The molecule has 2 aromatic carbocycles. The SMILES string of the molecule is CN1CCN(Cc2ccccc2-n2nc(C(F)(F)F)cc2-c2cc(-c3cccc(S(C)(=O)=O)c3)cs2)CC1. The number of rotatable bonds is 6. The van der Waals surface area contributed by atoms with Gasteiger partial charge in [-0.15, -0.1) is 11.3 Å². The molecule has 0 unspecified atom stereocenters. The third kappa shape index (κ3) is 5.70. The summed E-state index contributed by atoms with van der Waals surface area (Å²) in [5.74, 6) is 0. The van der Waals surface area contributed by atoms with Crippen molar-refractivity contribution in [1.82, 2.24) is 19.6 Å². The van der Waals surface area contributed by atoms with Crippen molar-refractivity contribution in [3.05, 3.63) is 77.3 Å². The first-order valence-electron chi connectivity index (χ1n) is 12.0. The van der Waals surface area contributed by atoms with Crippen LogP contribution < -0.4 is 0 Å². The number of aromatic nitrogens is 2. The first kappa shape index (κ1) is 26.6. The zero-order valence-electron chi connectivity index (χ0n) is 20.9. The number of likely N-dealkylation sites (N-methyl/N-ethyl adjacent to an activating group) is 1. The quantitative estimate of drug-likeness (QED) is 0.315. The molecule has 0 N–H and O–H groups in total. The number of para-hydroxylation sites is 1. The third-order valence-corrected chi connectivity index (χ3v) is 8.72. The number of benzene rings is 2. The minimum atomic E-state index is -4.60. The monoisotopic (exact) mass is 560 g/mol. The topological polar surface area (TPSA) is 58.4 Å². The smallest absolute Gasteiger partial charge is 0.304 e. The molecular weight excluding hydrogens is 533 g/mol. The summed E-state index contributed by atoms with van der Waals surface area (Å²) in [6, 6.07) is 16.8. The van der Waals surface area contributed by atoms with Crippen LogP contribution in [0.25, 0.3) is 27.4 Å². The molecule has 0 amide bonds. The fraction of sp³-hybridized carbons (Fsp3) is 0.296. The zero-order valence-corrected chi connectivity index (χ0v) is 22.6. The Kier molecular flexibility index (Phi) is 7.21. The Balaban J connectivity index is 1.56. The maximum atomic E-state index is 13.8. The van der Waals surface area contributed by atoms with E-state index < -0.39 is 21.7 Å². The van der Waals surface area contributed by atoms with E-state index in [4.69, 9.17) is 0 Å². The number of hydrogen-bond donors (Lipinski definition) is 0. The highest BCUT2D eigenvalue weighted by Gasteiger charge is 2.36. The van der Waals surface area contributed by atoms with Crippen LogP contribution in [-0.4, -0.2) is 67.5 Å². The molecular formula is C27H27F3N4O2S2. The van der Waals surface area contributed by atoms with Crippen molar-refractivity contribution >= 4 is 21.2 Å². The summed E-state index contributed by atoms with van der Waals surface area (Å²) < 4.78 is 66.8. The Bertz CT molecular complexity index is 1550. The molecule has 0 aliphatic carbocycles. The van der Waals surface area contributed by atoms with Crippen LogP contribution in [-0.2, 0) is 22.6 Å². The standard InChI is InChI=1S/C27H27F3N4O2S2/c1-32-10-12-33(13-11-32)17-20-6-3-4-9-23(20)34-24(16-26(31-34)27(28,29)30)25-15-21(18-37-25)19-7-5-8-22(14-19)38(2,35)36/h3-9,14-16,18H,10-13,17H2,1-2H3. The second-order valence-corrected chi connectivity index (χ2v) is 12.5. The van der Waals surface area contributed by atoms with E-state index in [1.165, 1.54) is 22.1 Å². The number of sulfone groups is 1. The predicted molar refractivity (Wildman–Crippen MR) is 143 cm³/mol. The first-order chi connectivity index (χ1) is 18.0. The van der Waals surface area contributed by atoms with Gasteiger partial charge in [0.25, 0.3) is 0 Å². The van der Waals surface area contributed by atoms with E-state index in [2.05, 4.69) is 21.9 Å². The van der Waals surface area contributed by atoms with Crippen molar-refractivity contribution in [3.8, 4) is 27.4 Å². The van der Waals surface area contributed by atoms with E-state index in [-0.39, 0.29) is 4.90 Å². The van der Waals surface area contributed by atoms with Gasteiger partial charge in [-0.25, -0.2) is 13.1 Å². The second-order valence-electron chi connectivity index (χ2n) is 9.53. The fourth-order valence-electron chi connectivity index (χ4n) is 4.51. The molecule has 3 heterocycles. The van der Waals surface area contributed by atoms with Gasteiger partial charge in [0, 0.05) is 39.0 Å². The molecule has 4 aromatic rings. The second kappa shape index (κ2) is 10.3. The molecule has 0 bridgehead atoms. The van der Waals surface area contributed by atoms with Crippen LogP contribution in [0.3, 0.4) is 0 Å². The molecule has 1 saturated heterocycles. The van der Waals surface area contributed by atoms with Gasteiger partial charge in [0.2, 0.25) is 0 Å². The van der Waals surface area contributed by atoms with Crippen LogP contribution >= 0.6 is 11.3 Å². The third-order valence-electron chi connectivity index (χ3n) is 6.66. The van der Waals surface area contributed by atoms with E-state index in [1.54, 1.807) is 36.4 Å². The van der Waals surface area contributed by atoms with Crippen molar-refractivity contribution in [2.24, 2.45) is 0 Å². The van der Waals surface area contributed by atoms with E-state index in [1.807, 2.05) is 17.5 Å². The van der Waals surface area contributed by atoms with Crippen LogP contribution in [0.5, 0.6) is 0 Å². The lowest BCUT2D eigenvalue weighted by Gasteiger charge is -2.32. The van der Waals surface area contributed by atoms with Crippen LogP contribution in [0.2, 0.25) is 0 Å². The molecule has 1 aliphatic rings. The summed E-state index contributed by atoms with van der Waals surface area (Å²) in [4.78, 5) is 5.33. The Labute approximate surface area is 223 Å². The van der Waals surface area contributed by atoms with Crippen molar-refractivity contribution < 1.29 is 21.6 Å². The van der Waals surface area contributed by atoms with Gasteiger partial charge in [0.05, 0.1) is 21.2 Å². The number of halogens is 3. The molecule has 6 nitrogen and oxygen atoms in total. The Morgan fingerprint density at radius 1 is 0.947 bits per heavy atom. The molecule has 5 rings (SSSR count). The van der Waals surface area contributed by atoms with Gasteiger partial charge >= 0.3 is 6.18 Å². The van der Waals surface area contributed by atoms with Crippen LogP contribution in [0.15, 0.2) is 70.9 Å². The minimum absolute atomic E-state index is 0.185. The molecule has 0 radical (unpaired) electrons. The molecule has 11 heteroatoms. The molecule has 0 saturated carbocycles. The van der Waals surface area contributed by atoms with Gasteiger partial charge in [-0.3, -0.25) is 4.90 Å². The van der Waals surface area contributed by atoms with Crippen molar-refractivity contribution in [1.29, 1.82) is 0 Å². The van der Waals surface area contributed by atoms with Crippen LogP contribution in [0, 0.1) is 0 Å². The van der Waals surface area contributed by atoms with Gasteiger partial charge in [0.1, 0.15) is 0 Å². The molecule has 2 aromatic heterocycles. The maximum Gasteiger partial charge on any atom is 0.435 e. The van der Waals surface area contributed by atoms with Gasteiger partial charge in [-0.05, 0) is 59.4 Å². The lowest BCUT2D eigenvalue weighted by atomic mass is 10.1. The summed E-state index contributed by atoms with van der Waals surface area (Å²) in [5, 5.41) is 5.83. The van der Waals surface area contributed by atoms with Crippen LogP contribution in [0.1, 0.15) is 11.3 Å².